The predicted molar refractivity (Wildman–Crippen MR) is 167 cm³/mol. The van der Waals surface area contributed by atoms with Crippen molar-refractivity contribution in [3.05, 3.63) is 60.4 Å². The van der Waals surface area contributed by atoms with Crippen LogP contribution in [0.1, 0.15) is 58.1 Å². The Morgan fingerprint density at radius 1 is 0.848 bits per heavy atom. The van der Waals surface area contributed by atoms with Gasteiger partial charge in [-0.3, -0.25) is 0 Å². The number of likely N-dealkylation sites (tertiary alicyclic amines) is 2. The number of hydrogen-bond acceptors (Lipinski definition) is 8. The van der Waals surface area contributed by atoms with Crippen LogP contribution in [0.15, 0.2) is 54.9 Å². The topological polar surface area (TPSA) is 112 Å². The number of aromatic nitrogens is 4. The van der Waals surface area contributed by atoms with Crippen LogP contribution in [0.3, 0.4) is 0 Å². The van der Waals surface area contributed by atoms with E-state index in [1.54, 1.807) is 12.1 Å². The first-order valence-corrected chi connectivity index (χ1v) is 15.5. The van der Waals surface area contributed by atoms with Crippen LogP contribution in [0.2, 0.25) is 0 Å². The fourth-order valence-corrected chi connectivity index (χ4v) is 6.22. The fraction of sp³-hybridized carbons (Fsp3) is 0.455. The summed E-state index contributed by atoms with van der Waals surface area (Å²) in [6.07, 6.45) is 0.431. The van der Waals surface area contributed by atoms with Gasteiger partial charge in [0.15, 0.2) is 5.65 Å². The summed E-state index contributed by atoms with van der Waals surface area (Å²) in [5.74, 6) is 1.11. The van der Waals surface area contributed by atoms with Crippen molar-refractivity contribution in [1.82, 2.24) is 29.5 Å². The molecule has 2 N–H and O–H groups in total. The Balaban J connectivity index is 1.12. The molecular formula is C33H38F3N7O3. The molecule has 0 spiro atoms. The Morgan fingerprint density at radius 3 is 2.02 bits per heavy atom. The molecule has 0 unspecified atom stereocenters. The first-order valence-electron chi connectivity index (χ1n) is 15.5. The van der Waals surface area contributed by atoms with Gasteiger partial charge in [0, 0.05) is 37.8 Å². The Hall–Kier alpha value is -4.39. The molecule has 0 atom stereocenters. The number of nitrogens with two attached hydrogens (primary N) is 1. The lowest BCUT2D eigenvalue weighted by molar-refractivity contribution is -0.137. The maximum atomic E-state index is 12.9. The Morgan fingerprint density at radius 2 is 1.43 bits per heavy atom. The van der Waals surface area contributed by atoms with Crippen LogP contribution in [0.4, 0.5) is 23.8 Å². The fourth-order valence-electron chi connectivity index (χ4n) is 6.22. The van der Waals surface area contributed by atoms with Gasteiger partial charge in [-0.15, -0.1) is 0 Å². The van der Waals surface area contributed by atoms with Gasteiger partial charge < -0.3 is 25.0 Å². The summed E-state index contributed by atoms with van der Waals surface area (Å²) < 4.78 is 52.0. The zero-order valence-corrected chi connectivity index (χ0v) is 26.1. The van der Waals surface area contributed by atoms with Crippen LogP contribution in [-0.2, 0) is 10.9 Å². The number of anilines is 1. The Bertz CT molecular complexity index is 1670. The standard InChI is InChI=1S/C33H38F3N7O3/c1-32(2,3)46-31(44)42-18-12-23(13-19-42)41-16-14-24(15-17-41)43-30-27(29(37)38-20-39-30)28(40-43)21-4-8-25(9-5-21)45-26-10-6-22(7-11-26)33(34,35)36/h4-11,20,23-24H,12-19H2,1-3H3,(H2,37,38,39). The first-order chi connectivity index (χ1) is 21.9. The number of rotatable bonds is 5. The molecule has 4 aromatic rings. The maximum Gasteiger partial charge on any atom is 0.416 e. The van der Waals surface area contributed by atoms with Crippen molar-refractivity contribution in [1.29, 1.82) is 0 Å². The second kappa shape index (κ2) is 12.4. The molecule has 2 aromatic heterocycles. The number of fused-ring (bicyclic) bond motifs is 1. The largest absolute Gasteiger partial charge is 0.457 e. The molecule has 244 valence electrons. The summed E-state index contributed by atoms with van der Waals surface area (Å²) in [7, 11) is 0. The predicted octanol–water partition coefficient (Wildman–Crippen LogP) is 6.92. The van der Waals surface area contributed by atoms with Crippen LogP contribution >= 0.6 is 0 Å². The number of piperidine rings is 2. The van der Waals surface area contributed by atoms with Crippen molar-refractivity contribution in [2.75, 3.05) is 31.9 Å². The highest BCUT2D eigenvalue weighted by molar-refractivity contribution is 5.98. The lowest BCUT2D eigenvalue weighted by Crippen LogP contribution is -2.50. The van der Waals surface area contributed by atoms with Crippen molar-refractivity contribution >= 4 is 22.9 Å². The van der Waals surface area contributed by atoms with E-state index in [0.717, 1.165) is 56.5 Å². The zero-order chi connectivity index (χ0) is 32.6. The van der Waals surface area contributed by atoms with E-state index in [2.05, 4.69) is 14.9 Å². The highest BCUT2D eigenvalue weighted by atomic mass is 19.4. The number of ether oxygens (including phenoxy) is 2. The Labute approximate surface area is 265 Å². The van der Waals surface area contributed by atoms with Gasteiger partial charge in [-0.05, 0) is 95.0 Å². The molecule has 4 heterocycles. The Kier molecular flexibility index (Phi) is 8.53. The molecule has 2 aliphatic heterocycles. The molecule has 0 saturated carbocycles. The minimum Gasteiger partial charge on any atom is -0.457 e. The molecule has 0 radical (unpaired) electrons. The van der Waals surface area contributed by atoms with Crippen molar-refractivity contribution in [2.45, 2.75) is 70.3 Å². The molecule has 10 nitrogen and oxygen atoms in total. The third kappa shape index (κ3) is 6.88. The molecule has 6 rings (SSSR count). The van der Waals surface area contributed by atoms with Crippen LogP contribution in [0, 0.1) is 0 Å². The summed E-state index contributed by atoms with van der Waals surface area (Å²) in [6, 6.07) is 12.3. The average molecular weight is 638 g/mol. The second-order valence-electron chi connectivity index (χ2n) is 12.9. The van der Waals surface area contributed by atoms with Crippen molar-refractivity contribution in [2.24, 2.45) is 0 Å². The number of carbonyl (C=O) groups excluding carboxylic acids is 1. The lowest BCUT2D eigenvalue weighted by atomic mass is 9.98. The molecule has 46 heavy (non-hydrogen) atoms. The van der Waals surface area contributed by atoms with E-state index in [-0.39, 0.29) is 12.1 Å². The SMILES string of the molecule is CC(C)(C)OC(=O)N1CCC(N2CCC(n3nc(-c4ccc(Oc5ccc(C(F)(F)F)cc5)cc4)c4c(N)ncnc43)CC2)CC1. The minimum absolute atomic E-state index is 0.130. The summed E-state index contributed by atoms with van der Waals surface area (Å²) >= 11 is 0. The number of hydrogen-bond donors (Lipinski definition) is 1. The van der Waals surface area contributed by atoms with Gasteiger partial charge in [0.2, 0.25) is 0 Å². The second-order valence-corrected chi connectivity index (χ2v) is 12.9. The molecule has 0 aliphatic carbocycles. The van der Waals surface area contributed by atoms with E-state index in [4.69, 9.17) is 20.3 Å². The van der Waals surface area contributed by atoms with Crippen LogP contribution < -0.4 is 10.5 Å². The monoisotopic (exact) mass is 637 g/mol. The molecule has 2 aromatic carbocycles. The first kappa shape index (κ1) is 31.6. The van der Waals surface area contributed by atoms with Gasteiger partial charge in [-0.2, -0.15) is 18.3 Å². The van der Waals surface area contributed by atoms with E-state index in [9.17, 15) is 18.0 Å². The van der Waals surface area contributed by atoms with Crippen LogP contribution in [0.25, 0.3) is 22.3 Å². The molecule has 0 bridgehead atoms. The van der Waals surface area contributed by atoms with E-state index >= 15 is 0 Å². The van der Waals surface area contributed by atoms with Gasteiger partial charge in [-0.25, -0.2) is 19.4 Å². The van der Waals surface area contributed by atoms with E-state index in [0.29, 0.717) is 53.2 Å². The normalized spacial score (nSPS) is 17.4. The summed E-state index contributed by atoms with van der Waals surface area (Å²) in [5.41, 5.74) is 7.24. The average Bonchev–Trinajstić information content (AvgIpc) is 3.42. The van der Waals surface area contributed by atoms with Gasteiger partial charge in [0.1, 0.15) is 34.9 Å². The molecule has 2 saturated heterocycles. The maximum absolute atomic E-state index is 12.9. The van der Waals surface area contributed by atoms with Crippen molar-refractivity contribution in [3.8, 4) is 22.8 Å². The van der Waals surface area contributed by atoms with Gasteiger partial charge in [0.25, 0.3) is 0 Å². The number of nitrogen functional groups attached to an aromatic ring is 1. The number of alkyl halides is 3. The third-order valence-electron chi connectivity index (χ3n) is 8.54. The number of carbonyl (C=O) groups is 1. The number of amides is 1. The molecule has 2 fully saturated rings. The minimum atomic E-state index is -4.41. The van der Waals surface area contributed by atoms with Crippen molar-refractivity contribution in [3.63, 3.8) is 0 Å². The molecule has 13 heteroatoms. The smallest absolute Gasteiger partial charge is 0.416 e. The summed E-state index contributed by atoms with van der Waals surface area (Å²) in [6.45, 7) is 8.86. The zero-order valence-electron chi connectivity index (χ0n) is 26.1. The van der Waals surface area contributed by atoms with Gasteiger partial charge >= 0.3 is 12.3 Å². The molecular weight excluding hydrogens is 599 g/mol. The van der Waals surface area contributed by atoms with Gasteiger partial charge in [-0.1, -0.05) is 0 Å². The van der Waals surface area contributed by atoms with Crippen LogP contribution in [-0.4, -0.2) is 73.5 Å². The van der Waals surface area contributed by atoms with E-state index in [1.807, 2.05) is 42.5 Å². The van der Waals surface area contributed by atoms with Gasteiger partial charge in [0.05, 0.1) is 17.0 Å². The highest BCUT2D eigenvalue weighted by Gasteiger charge is 2.33. The third-order valence-corrected chi connectivity index (χ3v) is 8.54. The van der Waals surface area contributed by atoms with Crippen molar-refractivity contribution < 1.29 is 27.4 Å². The van der Waals surface area contributed by atoms with Crippen LogP contribution in [0.5, 0.6) is 11.5 Å². The molecule has 2 aliphatic rings. The molecule has 1 amide bonds. The van der Waals surface area contributed by atoms with E-state index in [1.165, 1.54) is 18.5 Å². The summed E-state index contributed by atoms with van der Waals surface area (Å²) in [5, 5.41) is 5.67. The highest BCUT2D eigenvalue weighted by Crippen LogP contribution is 2.36. The number of nitrogens with zero attached hydrogens (tertiary/aromatic N) is 6. The quantitative estimate of drug-likeness (QED) is 0.251. The number of halogens is 3. The summed E-state index contributed by atoms with van der Waals surface area (Å²) in [4.78, 5) is 25.6. The lowest BCUT2D eigenvalue weighted by Gasteiger charge is -2.41. The van der Waals surface area contributed by atoms with E-state index < -0.39 is 17.3 Å². The number of benzene rings is 2.